The van der Waals surface area contributed by atoms with Gasteiger partial charge in [-0.2, -0.15) is 0 Å². The van der Waals surface area contributed by atoms with Gasteiger partial charge in [0.15, 0.2) is 0 Å². The van der Waals surface area contributed by atoms with Crippen LogP contribution in [0, 0.1) is 0 Å². The quantitative estimate of drug-likeness (QED) is 0.179. The van der Waals surface area contributed by atoms with Crippen LogP contribution in [0.2, 0.25) is 0 Å². The number of aromatic nitrogens is 2. The fourth-order valence-electron chi connectivity index (χ4n) is 10.1. The molecule has 0 radical (unpaired) electrons. The Kier molecular flexibility index (Phi) is 7.16. The predicted octanol–water partition coefficient (Wildman–Crippen LogP) is 14.8. The first-order valence-electron chi connectivity index (χ1n) is 20.4. The van der Waals surface area contributed by atoms with E-state index in [0.717, 1.165) is 61.2 Å². The first-order valence-corrected chi connectivity index (χ1v) is 21.3. The fraction of sp³-hybridized carbons (Fsp3) is 0.0179. The molecule has 0 bridgehead atoms. The zero-order valence-corrected chi connectivity index (χ0v) is 33.2. The normalized spacial score (nSPS) is 15.0. The van der Waals surface area contributed by atoms with Gasteiger partial charge in [-0.1, -0.05) is 163 Å². The lowest BCUT2D eigenvalue weighted by atomic mass is 9.63. The van der Waals surface area contributed by atoms with E-state index in [4.69, 9.17) is 9.40 Å². The zero-order chi connectivity index (χ0) is 39.4. The van der Waals surface area contributed by atoms with E-state index in [0.29, 0.717) is 0 Å². The van der Waals surface area contributed by atoms with Crippen molar-refractivity contribution >= 4 is 44.7 Å². The molecule has 0 fully saturated rings. The van der Waals surface area contributed by atoms with E-state index in [1.807, 2.05) is 11.8 Å². The number of hydrogen-bond donors (Lipinski definition) is 0. The van der Waals surface area contributed by atoms with E-state index in [9.17, 15) is 0 Å². The minimum absolute atomic E-state index is 0.676. The molecule has 0 saturated carbocycles. The Hall–Kier alpha value is -7.40. The van der Waals surface area contributed by atoms with Crippen molar-refractivity contribution in [2.75, 3.05) is 0 Å². The summed E-state index contributed by atoms with van der Waals surface area (Å²) in [5, 5.41) is 2.28. The van der Waals surface area contributed by atoms with E-state index >= 15 is 0 Å². The standard InChI is InChI=1S/C56H34N2OS/c1-3-15-35(16-4-1)55-57-49-32-37(28-30-50(49)58(55)38-17-5-2-6-18-38)36-27-29-42-40-20-8-7-19-39(40)41-21-9-11-23-45(41)56(47(42)31-36)46-24-12-14-26-53(46)60-54-33-44-43-22-10-13-25-51(43)59-52(44)34-48(54)56/h1-34H. The second-order valence-corrected chi connectivity index (χ2v) is 16.9. The predicted molar refractivity (Wildman–Crippen MR) is 246 cm³/mol. The number of furan rings is 1. The van der Waals surface area contributed by atoms with Gasteiger partial charge < -0.3 is 4.42 Å². The van der Waals surface area contributed by atoms with Gasteiger partial charge in [-0.25, -0.2) is 4.98 Å². The van der Waals surface area contributed by atoms with Gasteiger partial charge in [0.2, 0.25) is 0 Å². The number of hydrogen-bond acceptors (Lipinski definition) is 3. The summed E-state index contributed by atoms with van der Waals surface area (Å²) in [6, 6.07) is 75.1. The van der Waals surface area contributed by atoms with Gasteiger partial charge in [-0.05, 0) is 110 Å². The molecule has 13 rings (SSSR count). The minimum atomic E-state index is -0.676. The summed E-state index contributed by atoms with van der Waals surface area (Å²) in [5.41, 5.74) is 17.5. The van der Waals surface area contributed by atoms with E-state index < -0.39 is 5.41 Å². The van der Waals surface area contributed by atoms with E-state index in [2.05, 4.69) is 211 Å². The molecule has 0 saturated heterocycles. The van der Waals surface area contributed by atoms with Crippen LogP contribution in [-0.4, -0.2) is 9.55 Å². The number of benzene rings is 9. The van der Waals surface area contributed by atoms with Crippen molar-refractivity contribution in [3.05, 3.63) is 229 Å². The third kappa shape index (κ3) is 4.71. The molecular formula is C56H34N2OS. The molecule has 0 N–H and O–H groups in total. The van der Waals surface area contributed by atoms with Crippen molar-refractivity contribution in [1.82, 2.24) is 9.55 Å². The van der Waals surface area contributed by atoms with Gasteiger partial charge in [0.25, 0.3) is 0 Å². The lowest BCUT2D eigenvalue weighted by Crippen LogP contribution is -2.34. The van der Waals surface area contributed by atoms with Crippen LogP contribution >= 0.6 is 11.8 Å². The zero-order valence-electron chi connectivity index (χ0n) is 32.3. The van der Waals surface area contributed by atoms with Gasteiger partial charge in [0, 0.05) is 31.8 Å². The van der Waals surface area contributed by atoms with Gasteiger partial charge >= 0.3 is 0 Å². The third-order valence-corrected chi connectivity index (χ3v) is 13.8. The molecule has 4 heteroatoms. The number of imidazole rings is 1. The topological polar surface area (TPSA) is 31.0 Å². The molecule has 2 aromatic heterocycles. The maximum absolute atomic E-state index is 6.70. The van der Waals surface area contributed by atoms with E-state index in [1.165, 1.54) is 54.3 Å². The van der Waals surface area contributed by atoms with Crippen molar-refractivity contribution in [3.8, 4) is 50.5 Å². The van der Waals surface area contributed by atoms with Crippen molar-refractivity contribution in [1.29, 1.82) is 0 Å². The Morgan fingerprint density at radius 1 is 0.417 bits per heavy atom. The first kappa shape index (κ1) is 33.6. The smallest absolute Gasteiger partial charge is 0.145 e. The van der Waals surface area contributed by atoms with Gasteiger partial charge in [-0.3, -0.25) is 4.57 Å². The molecule has 11 aromatic rings. The Labute approximate surface area is 351 Å². The second kappa shape index (κ2) is 12.8. The number of rotatable bonds is 3. The summed E-state index contributed by atoms with van der Waals surface area (Å²) in [4.78, 5) is 7.85. The minimum Gasteiger partial charge on any atom is -0.456 e. The van der Waals surface area contributed by atoms with Crippen LogP contribution in [0.1, 0.15) is 22.3 Å². The molecular weight excluding hydrogens is 749 g/mol. The highest BCUT2D eigenvalue weighted by Gasteiger charge is 2.48. The molecule has 1 aliphatic carbocycles. The van der Waals surface area contributed by atoms with Crippen LogP contribution in [-0.2, 0) is 5.41 Å². The summed E-state index contributed by atoms with van der Waals surface area (Å²) in [5.74, 6) is 0.924. The number of nitrogens with zero attached hydrogens (tertiary/aromatic N) is 2. The van der Waals surface area contributed by atoms with Crippen LogP contribution < -0.4 is 0 Å². The molecule has 3 heterocycles. The molecule has 2 aliphatic rings. The van der Waals surface area contributed by atoms with Gasteiger partial charge in [-0.15, -0.1) is 0 Å². The molecule has 1 unspecified atom stereocenters. The Bertz CT molecular complexity index is 3530. The van der Waals surface area contributed by atoms with Crippen molar-refractivity contribution in [2.24, 2.45) is 0 Å². The van der Waals surface area contributed by atoms with Gasteiger partial charge in [0.05, 0.1) is 16.4 Å². The molecule has 9 aromatic carbocycles. The number of fused-ring (bicyclic) bond motifs is 15. The van der Waals surface area contributed by atoms with Crippen LogP contribution in [0.3, 0.4) is 0 Å². The van der Waals surface area contributed by atoms with E-state index in [1.54, 1.807) is 0 Å². The average molecular weight is 783 g/mol. The maximum Gasteiger partial charge on any atom is 0.145 e. The molecule has 0 amide bonds. The molecule has 1 spiro atoms. The highest BCUT2D eigenvalue weighted by atomic mass is 32.2. The van der Waals surface area contributed by atoms with Gasteiger partial charge in [0.1, 0.15) is 17.0 Å². The molecule has 1 aliphatic heterocycles. The summed E-state index contributed by atoms with van der Waals surface area (Å²) >= 11 is 1.87. The van der Waals surface area contributed by atoms with Crippen molar-refractivity contribution in [3.63, 3.8) is 0 Å². The average Bonchev–Trinajstić information content (AvgIpc) is 3.86. The second-order valence-electron chi connectivity index (χ2n) is 15.8. The monoisotopic (exact) mass is 782 g/mol. The Morgan fingerprint density at radius 2 is 1.07 bits per heavy atom. The van der Waals surface area contributed by atoms with Crippen LogP contribution in [0.4, 0.5) is 0 Å². The summed E-state index contributed by atoms with van der Waals surface area (Å²) in [7, 11) is 0. The number of para-hydroxylation sites is 2. The molecule has 60 heavy (non-hydrogen) atoms. The highest BCUT2D eigenvalue weighted by molar-refractivity contribution is 7.99. The Balaban J connectivity index is 1.12. The fourth-order valence-corrected chi connectivity index (χ4v) is 11.3. The first-order chi connectivity index (χ1) is 29.7. The molecule has 1 atom stereocenters. The van der Waals surface area contributed by atoms with Crippen LogP contribution in [0.15, 0.2) is 220 Å². The lowest BCUT2D eigenvalue weighted by molar-refractivity contribution is 0.660. The van der Waals surface area contributed by atoms with Crippen molar-refractivity contribution in [2.45, 2.75) is 15.2 Å². The summed E-state index contributed by atoms with van der Waals surface area (Å²) in [6.07, 6.45) is 0. The third-order valence-electron chi connectivity index (χ3n) is 12.7. The molecule has 3 nitrogen and oxygen atoms in total. The Morgan fingerprint density at radius 3 is 1.90 bits per heavy atom. The SMILES string of the molecule is c1ccc(-c2nc3cc(-c4ccc5c(c4)C4(c6ccccc6Sc6cc7c(cc64)oc4ccccc47)c4ccccc4-c4ccccc4-5)ccc3n2-c2ccccc2)cc1. The molecule has 280 valence electrons. The van der Waals surface area contributed by atoms with E-state index in [-0.39, 0.29) is 0 Å². The lowest BCUT2D eigenvalue weighted by Gasteiger charge is -2.43. The van der Waals surface area contributed by atoms with Crippen LogP contribution in [0.25, 0.3) is 83.4 Å². The maximum atomic E-state index is 6.70. The summed E-state index contributed by atoms with van der Waals surface area (Å²) in [6.45, 7) is 0. The van der Waals surface area contributed by atoms with Crippen LogP contribution in [0.5, 0.6) is 0 Å². The highest BCUT2D eigenvalue weighted by Crippen LogP contribution is 2.62. The van der Waals surface area contributed by atoms with Crippen molar-refractivity contribution < 1.29 is 4.42 Å². The summed E-state index contributed by atoms with van der Waals surface area (Å²) < 4.78 is 8.98. The largest absolute Gasteiger partial charge is 0.456 e.